The standard InChI is InChI=1S/C11H10NS/c1-8-4-3-5-10(6-8)11-12-7-9(2)13-11/h3-6H,1-2H3. The van der Waals surface area contributed by atoms with Crippen LogP contribution in [0.25, 0.3) is 10.6 Å². The fraction of sp³-hybridized carbons (Fsp3) is 0.182. The molecular weight excluding hydrogens is 178 g/mol. The number of thiazole rings is 1. The zero-order valence-electron chi connectivity index (χ0n) is 7.66. The van der Waals surface area contributed by atoms with Gasteiger partial charge < -0.3 is 0 Å². The molecule has 0 fully saturated rings. The average molecular weight is 188 g/mol. The maximum Gasteiger partial charge on any atom is 0.124 e. The molecule has 1 heterocycles. The lowest BCUT2D eigenvalue weighted by atomic mass is 10.1. The number of nitrogens with zero attached hydrogens (tertiary/aromatic N) is 1. The quantitative estimate of drug-likeness (QED) is 0.669. The zero-order valence-corrected chi connectivity index (χ0v) is 8.48. The van der Waals surface area contributed by atoms with Crippen LogP contribution in [-0.2, 0) is 0 Å². The highest BCUT2D eigenvalue weighted by Crippen LogP contribution is 2.24. The van der Waals surface area contributed by atoms with Gasteiger partial charge in [-0.25, -0.2) is 4.98 Å². The topological polar surface area (TPSA) is 12.9 Å². The smallest absolute Gasteiger partial charge is 0.124 e. The second-order valence-corrected chi connectivity index (χ2v) is 4.26. The molecule has 1 nitrogen and oxygen atoms in total. The molecule has 0 aliphatic carbocycles. The Hall–Kier alpha value is -1.15. The third-order valence-electron chi connectivity index (χ3n) is 1.83. The molecule has 0 aliphatic heterocycles. The van der Waals surface area contributed by atoms with Crippen molar-refractivity contribution in [2.45, 2.75) is 13.8 Å². The monoisotopic (exact) mass is 188 g/mol. The summed E-state index contributed by atoms with van der Waals surface area (Å²) in [6.07, 6.45) is 2.96. The molecule has 0 aliphatic rings. The van der Waals surface area contributed by atoms with E-state index in [0.717, 1.165) is 9.88 Å². The number of aryl methyl sites for hydroxylation is 2. The molecule has 0 spiro atoms. The number of benzene rings is 1. The van der Waals surface area contributed by atoms with Crippen LogP contribution < -0.4 is 0 Å². The summed E-state index contributed by atoms with van der Waals surface area (Å²) in [5, 5.41) is 1.06. The van der Waals surface area contributed by atoms with Crippen molar-refractivity contribution < 1.29 is 0 Å². The van der Waals surface area contributed by atoms with Crippen LogP contribution in [0.1, 0.15) is 10.4 Å². The molecule has 0 atom stereocenters. The summed E-state index contributed by atoms with van der Waals surface area (Å²) in [5.41, 5.74) is 2.46. The molecule has 0 bridgehead atoms. The minimum absolute atomic E-state index is 1.06. The van der Waals surface area contributed by atoms with Gasteiger partial charge in [-0.2, -0.15) is 0 Å². The molecule has 1 radical (unpaired) electrons. The van der Waals surface area contributed by atoms with Crippen LogP contribution in [0.4, 0.5) is 0 Å². The molecule has 0 N–H and O–H groups in total. The Morgan fingerprint density at radius 2 is 2.15 bits per heavy atom. The van der Waals surface area contributed by atoms with Gasteiger partial charge in [0, 0.05) is 10.4 Å². The van der Waals surface area contributed by atoms with Gasteiger partial charge in [0.05, 0.1) is 0 Å². The Bertz CT molecular complexity index is 418. The Labute approximate surface area is 82.1 Å². The fourth-order valence-electron chi connectivity index (χ4n) is 1.22. The van der Waals surface area contributed by atoms with Gasteiger partial charge in [0.1, 0.15) is 11.2 Å². The molecule has 0 unspecified atom stereocenters. The van der Waals surface area contributed by atoms with E-state index in [1.54, 1.807) is 11.3 Å². The van der Waals surface area contributed by atoms with Gasteiger partial charge in [-0.1, -0.05) is 23.8 Å². The van der Waals surface area contributed by atoms with Crippen LogP contribution in [0, 0.1) is 20.0 Å². The second-order valence-electron chi connectivity index (χ2n) is 3.06. The SMILES string of the molecule is Cc1cccc(-c2n[c]c(C)s2)c1. The molecular formula is C11H10NS. The summed E-state index contributed by atoms with van der Waals surface area (Å²) in [6, 6.07) is 8.38. The largest absolute Gasteiger partial charge is 0.234 e. The van der Waals surface area contributed by atoms with E-state index in [-0.39, 0.29) is 0 Å². The van der Waals surface area contributed by atoms with Crippen molar-refractivity contribution in [2.75, 3.05) is 0 Å². The predicted molar refractivity (Wildman–Crippen MR) is 55.9 cm³/mol. The predicted octanol–water partition coefficient (Wildman–Crippen LogP) is 3.23. The van der Waals surface area contributed by atoms with E-state index in [1.165, 1.54) is 11.1 Å². The summed E-state index contributed by atoms with van der Waals surface area (Å²) in [4.78, 5) is 5.36. The first-order valence-corrected chi connectivity index (χ1v) is 4.99. The first-order chi connectivity index (χ1) is 6.25. The van der Waals surface area contributed by atoms with Gasteiger partial charge in [-0.15, -0.1) is 11.3 Å². The van der Waals surface area contributed by atoms with Crippen molar-refractivity contribution in [3.8, 4) is 10.6 Å². The highest BCUT2D eigenvalue weighted by Gasteiger charge is 2.01. The van der Waals surface area contributed by atoms with E-state index >= 15 is 0 Å². The van der Waals surface area contributed by atoms with Crippen LogP contribution >= 0.6 is 11.3 Å². The fourth-order valence-corrected chi connectivity index (χ4v) is 1.94. The third-order valence-corrected chi connectivity index (χ3v) is 2.75. The lowest BCUT2D eigenvalue weighted by Gasteiger charge is -1.96. The molecule has 2 aromatic rings. The molecule has 0 saturated heterocycles. The van der Waals surface area contributed by atoms with Crippen LogP contribution in [0.3, 0.4) is 0 Å². The Morgan fingerprint density at radius 3 is 2.77 bits per heavy atom. The zero-order chi connectivity index (χ0) is 9.26. The van der Waals surface area contributed by atoms with Crippen LogP contribution in [0.5, 0.6) is 0 Å². The average Bonchev–Trinajstić information content (AvgIpc) is 2.52. The minimum Gasteiger partial charge on any atom is -0.234 e. The summed E-state index contributed by atoms with van der Waals surface area (Å²) < 4.78 is 0. The van der Waals surface area contributed by atoms with Crippen LogP contribution in [-0.4, -0.2) is 4.98 Å². The van der Waals surface area contributed by atoms with Crippen molar-refractivity contribution in [1.82, 2.24) is 4.98 Å². The van der Waals surface area contributed by atoms with Gasteiger partial charge in [-0.3, -0.25) is 0 Å². The van der Waals surface area contributed by atoms with E-state index in [4.69, 9.17) is 0 Å². The highest BCUT2D eigenvalue weighted by molar-refractivity contribution is 7.14. The lowest BCUT2D eigenvalue weighted by Crippen LogP contribution is -1.76. The first kappa shape index (κ1) is 8.45. The molecule has 13 heavy (non-hydrogen) atoms. The van der Waals surface area contributed by atoms with E-state index in [1.807, 2.05) is 6.92 Å². The van der Waals surface area contributed by atoms with Crippen molar-refractivity contribution in [3.05, 3.63) is 40.9 Å². The Balaban J connectivity index is 2.46. The van der Waals surface area contributed by atoms with E-state index in [2.05, 4.69) is 42.4 Å². The van der Waals surface area contributed by atoms with Gasteiger partial charge >= 0.3 is 0 Å². The van der Waals surface area contributed by atoms with Gasteiger partial charge in [0.25, 0.3) is 0 Å². The Kier molecular flexibility index (Phi) is 2.15. The summed E-state index contributed by atoms with van der Waals surface area (Å²) in [6.45, 7) is 4.12. The van der Waals surface area contributed by atoms with Crippen LogP contribution in [0.2, 0.25) is 0 Å². The molecule has 2 rings (SSSR count). The first-order valence-electron chi connectivity index (χ1n) is 4.18. The molecule has 65 valence electrons. The Morgan fingerprint density at radius 1 is 1.31 bits per heavy atom. The third kappa shape index (κ3) is 1.78. The minimum atomic E-state index is 1.06. The number of hydrogen-bond donors (Lipinski definition) is 0. The van der Waals surface area contributed by atoms with Crippen molar-refractivity contribution in [1.29, 1.82) is 0 Å². The lowest BCUT2D eigenvalue weighted by molar-refractivity contribution is 1.35. The van der Waals surface area contributed by atoms with Crippen LogP contribution in [0.15, 0.2) is 24.3 Å². The van der Waals surface area contributed by atoms with E-state index < -0.39 is 0 Å². The maximum atomic E-state index is 4.22. The molecule has 1 aromatic heterocycles. The normalized spacial score (nSPS) is 10.3. The van der Waals surface area contributed by atoms with E-state index in [9.17, 15) is 0 Å². The molecule has 0 saturated carbocycles. The number of rotatable bonds is 1. The van der Waals surface area contributed by atoms with Crippen molar-refractivity contribution in [3.63, 3.8) is 0 Å². The summed E-state index contributed by atoms with van der Waals surface area (Å²) in [5.74, 6) is 0. The van der Waals surface area contributed by atoms with E-state index in [0.29, 0.717) is 0 Å². The van der Waals surface area contributed by atoms with Gasteiger partial charge in [0.15, 0.2) is 0 Å². The van der Waals surface area contributed by atoms with Gasteiger partial charge in [-0.05, 0) is 19.9 Å². The summed E-state index contributed by atoms with van der Waals surface area (Å²) >= 11 is 1.68. The van der Waals surface area contributed by atoms with Crippen molar-refractivity contribution >= 4 is 11.3 Å². The second kappa shape index (κ2) is 3.30. The van der Waals surface area contributed by atoms with Gasteiger partial charge in [0.2, 0.25) is 0 Å². The number of aromatic nitrogens is 1. The van der Waals surface area contributed by atoms with Crippen molar-refractivity contribution in [2.24, 2.45) is 0 Å². The highest BCUT2D eigenvalue weighted by atomic mass is 32.1. The number of hydrogen-bond acceptors (Lipinski definition) is 2. The molecule has 0 amide bonds. The molecule has 1 aromatic carbocycles. The maximum absolute atomic E-state index is 4.22. The molecule has 2 heteroatoms. The summed E-state index contributed by atoms with van der Waals surface area (Å²) in [7, 11) is 0.